The Morgan fingerprint density at radius 1 is 0.277 bits per heavy atom. The van der Waals surface area contributed by atoms with Crippen molar-refractivity contribution in [3.05, 3.63) is 0 Å². The van der Waals surface area contributed by atoms with Gasteiger partial charge in [0.05, 0.1) is 0 Å². The molecule has 0 unspecified atom stereocenters. The molecule has 24 nitrogen and oxygen atoms in total. The molecular formula is H3B3Ca7Cl3Na7O24S3. The summed E-state index contributed by atoms with van der Waals surface area (Å²) in [5, 5.41) is 75.8. The van der Waals surface area contributed by atoms with Crippen LogP contribution in [-0.4, -0.2) is 355 Å². The minimum absolute atomic E-state index is 0. The molecule has 3 N–H and O–H groups in total. The van der Waals surface area contributed by atoms with Crippen molar-refractivity contribution in [2.75, 3.05) is 0 Å². The number of rotatable bonds is 0. The normalized spacial score (nSPS) is 5.43. The van der Waals surface area contributed by atoms with Gasteiger partial charge in [-0.2, -0.15) is 0 Å². The smallest absolute Gasteiger partial charge is 1.00 e. The molecule has 47 heavy (non-hydrogen) atoms. The Labute approximate surface area is 656 Å². The van der Waals surface area contributed by atoms with E-state index in [1.165, 1.54) is 0 Å². The first kappa shape index (κ1) is 177. The van der Waals surface area contributed by atoms with Gasteiger partial charge in [-0.3, -0.25) is 47.2 Å². The van der Waals surface area contributed by atoms with E-state index in [1.54, 1.807) is 0 Å². The Balaban J connectivity index is -0.00000000433. The number of hydrogen-bond donors (Lipinski definition) is 0. The second-order valence-electron chi connectivity index (χ2n) is 2.09. The van der Waals surface area contributed by atoms with Crippen LogP contribution in [0.25, 0.3) is 0 Å². The van der Waals surface area contributed by atoms with Crippen LogP contribution >= 0.6 is 0 Å². The Morgan fingerprint density at radius 3 is 0.277 bits per heavy atom. The third-order valence-electron chi connectivity index (χ3n) is 0. The van der Waals surface area contributed by atoms with Crippen molar-refractivity contribution >= 4 is 317 Å². The van der Waals surface area contributed by atoms with Crippen LogP contribution in [0.2, 0.25) is 0 Å². The Kier molecular flexibility index (Phi) is 470. The van der Waals surface area contributed by atoms with Gasteiger partial charge in [-0.05, 0) is 0 Å². The minimum Gasteiger partial charge on any atom is -1.00 e. The van der Waals surface area contributed by atoms with Crippen LogP contribution in [0.3, 0.4) is 0 Å². The minimum atomic E-state index is -5.17. The van der Waals surface area contributed by atoms with Crippen molar-refractivity contribution in [1.29, 1.82) is 0 Å². The predicted octanol–water partition coefficient (Wildman–Crippen LogP) is -49.0. The first-order chi connectivity index (χ1) is 11.2. The molecule has 0 aliphatic heterocycles. The van der Waals surface area contributed by atoms with Gasteiger partial charge in [0, 0.05) is 31.2 Å². The zero-order valence-electron chi connectivity index (χ0n) is 26.0. The quantitative estimate of drug-likeness (QED) is 0.123. The fourth-order valence-corrected chi connectivity index (χ4v) is 0. The third-order valence-corrected chi connectivity index (χ3v) is 0. The second-order valence-corrected chi connectivity index (χ2v) is 4.54. The molecule has 0 fully saturated rings. The summed E-state index contributed by atoms with van der Waals surface area (Å²) in [4.78, 5) is 0. The molecule has 0 rings (SSSR count). The van der Waals surface area contributed by atoms with Gasteiger partial charge in [0.15, 0.2) is 0 Å². The van der Waals surface area contributed by atoms with Crippen molar-refractivity contribution in [3.63, 3.8) is 0 Å². The standard InChI is InChI=1S/3BO3.7Ca.3ClH.7Na.3H2O4S.3H2O/c3*2-1(3)4;;;;;;;;;;;;;;;;;;3*1-5(2,3)4;;;/h;;;;;;;;;;3*1H;;;;;;;;3*(H2,1,2,3,4);3*1H2/q3*-3;7*+2;;;;7*+1;;;;;;/p-12. The van der Waals surface area contributed by atoms with Gasteiger partial charge in [-0.25, -0.2) is 0 Å². The van der Waals surface area contributed by atoms with Crippen LogP contribution < -0.4 is 289 Å². The first-order valence-corrected chi connectivity index (χ1v) is 8.12. The van der Waals surface area contributed by atoms with E-state index in [0.717, 1.165) is 0 Å². The fourth-order valence-electron chi connectivity index (χ4n) is 0. The Morgan fingerprint density at radius 2 is 0.277 bits per heavy atom. The molecule has 0 aromatic rings. The van der Waals surface area contributed by atoms with Crippen molar-refractivity contribution in [3.8, 4) is 0 Å². The summed E-state index contributed by atoms with van der Waals surface area (Å²) in [6, 6.07) is 0. The van der Waals surface area contributed by atoms with E-state index in [0.29, 0.717) is 0 Å². The van der Waals surface area contributed by atoms with Crippen LogP contribution in [-0.2, 0) is 31.2 Å². The number of hydrogen-bond acceptors (Lipinski definition) is 24. The molecule has 0 spiro atoms. The Bertz CT molecular complexity index is 517. The molecule has 47 heteroatoms. The fraction of sp³-hybridized carbons (Fsp3) is 0. The molecular weight excluding hydrogens is 1060 g/mol. The molecule has 0 amide bonds. The molecule has 0 saturated heterocycles. The van der Waals surface area contributed by atoms with Crippen molar-refractivity contribution in [2.45, 2.75) is 0 Å². The van der Waals surface area contributed by atoms with E-state index in [2.05, 4.69) is 0 Å². The van der Waals surface area contributed by atoms with Gasteiger partial charge in [-0.1, -0.05) is 0 Å². The van der Waals surface area contributed by atoms with Crippen molar-refractivity contribution in [2.24, 2.45) is 0 Å². The van der Waals surface area contributed by atoms with Crippen LogP contribution in [0.5, 0.6) is 0 Å². The molecule has 0 radical (unpaired) electrons. The van der Waals surface area contributed by atoms with Crippen LogP contribution in [0.1, 0.15) is 0 Å². The maximum absolute atomic E-state index is 8.52. The summed E-state index contributed by atoms with van der Waals surface area (Å²) in [5.41, 5.74) is 0. The SMILES string of the molecule is O=S(=O)([O-])[O-].O=S(=O)([O-])[O-].O=S(=O)([O-])[O-].[Ca+2].[Ca+2].[Ca+2].[Ca+2].[Ca+2].[Ca+2].[Ca+2].[Cl-].[Cl-].[Cl-].[Na+].[Na+].[Na+].[Na+].[Na+].[Na+].[Na+].[O-]B([O-])[O-].[O-]B([O-])[O-].[O-]B([O-])[O-].[OH-].[OH-].[OH-]. The molecule has 0 atom stereocenters. The average Bonchev–Trinajstić information content (AvgIpc) is 2.01. The maximum atomic E-state index is 8.52. The van der Waals surface area contributed by atoms with Crippen molar-refractivity contribution in [1.82, 2.24) is 0 Å². The van der Waals surface area contributed by atoms with Gasteiger partial charge in [0.2, 0.25) is 0 Å². The molecule has 0 aliphatic carbocycles. The summed E-state index contributed by atoms with van der Waals surface area (Å²) in [7, 11) is -24.2. The Hall–Kier alpha value is 16.0. The zero-order valence-corrected chi connectivity index (χ0v) is 60.1. The molecule has 0 aromatic heterocycles. The molecule has 0 aliphatic rings. The van der Waals surface area contributed by atoms with Gasteiger partial charge in [0.25, 0.3) is 0 Å². The first-order valence-electron chi connectivity index (χ1n) is 4.12. The van der Waals surface area contributed by atoms with Crippen LogP contribution in [0, 0.1) is 0 Å². The monoisotopic (exact) mass is 1060 g/mol. The topological polar surface area (TPSA) is 538 Å². The van der Waals surface area contributed by atoms with E-state index in [4.69, 9.17) is 97.8 Å². The van der Waals surface area contributed by atoms with E-state index < -0.39 is 53.2 Å². The molecule has 0 aromatic carbocycles. The second kappa shape index (κ2) is 125. The van der Waals surface area contributed by atoms with E-state index >= 15 is 0 Å². The largest absolute Gasteiger partial charge is 2.00 e. The van der Waals surface area contributed by atoms with E-state index in [-0.39, 0.29) is 525 Å². The van der Waals surface area contributed by atoms with E-state index in [9.17, 15) is 0 Å². The molecule has 0 bridgehead atoms. The average molecular weight is 1060 g/mol. The summed E-state index contributed by atoms with van der Waals surface area (Å²) in [5.74, 6) is 0. The zero-order chi connectivity index (χ0) is 24.2. The van der Waals surface area contributed by atoms with Gasteiger partial charge >= 0.3 is 471 Å². The molecule has 0 saturated carbocycles. The summed E-state index contributed by atoms with van der Waals surface area (Å²) < 4.78 is 102. The van der Waals surface area contributed by atoms with E-state index in [1.807, 2.05) is 0 Å². The number of halogens is 3. The van der Waals surface area contributed by atoms with Gasteiger partial charge < -0.3 is 126 Å². The third kappa shape index (κ3) is 871. The molecule has 0 heterocycles. The van der Waals surface area contributed by atoms with Crippen LogP contribution in [0.15, 0.2) is 0 Å². The van der Waals surface area contributed by atoms with Crippen LogP contribution in [0.4, 0.5) is 0 Å². The van der Waals surface area contributed by atoms with Crippen molar-refractivity contribution < 1.29 is 358 Å². The predicted molar refractivity (Wildman–Crippen MR) is 94.8 cm³/mol. The maximum Gasteiger partial charge on any atom is 2.00 e. The summed E-state index contributed by atoms with van der Waals surface area (Å²) >= 11 is 0. The van der Waals surface area contributed by atoms with Gasteiger partial charge in [0.1, 0.15) is 0 Å². The van der Waals surface area contributed by atoms with Gasteiger partial charge in [-0.15, -0.1) is 0 Å². The summed E-state index contributed by atoms with van der Waals surface area (Å²) in [6.45, 7) is 0. The molecule has 216 valence electrons. The summed E-state index contributed by atoms with van der Waals surface area (Å²) in [6.07, 6.45) is 0.